The molecule has 0 radical (unpaired) electrons. The molecule has 0 atom stereocenters. The Labute approximate surface area is 197 Å². The molecule has 2 amide bonds. The molecule has 1 aromatic carbocycles. The minimum atomic E-state index is -2.77. The maximum absolute atomic E-state index is 13.1. The highest BCUT2D eigenvalue weighted by molar-refractivity contribution is 7.21. The number of nitrogens with one attached hydrogen (secondary N) is 1. The van der Waals surface area contributed by atoms with Gasteiger partial charge >= 0.3 is 0 Å². The number of amides is 2. The molecule has 0 aliphatic heterocycles. The first-order valence-electron chi connectivity index (χ1n) is 10.4. The van der Waals surface area contributed by atoms with Crippen molar-refractivity contribution in [2.45, 2.75) is 33.3 Å². The van der Waals surface area contributed by atoms with Gasteiger partial charge < -0.3 is 20.2 Å². The van der Waals surface area contributed by atoms with Gasteiger partial charge in [-0.3, -0.25) is 9.59 Å². The van der Waals surface area contributed by atoms with Crippen LogP contribution in [0.3, 0.4) is 0 Å². The number of primary amides is 1. The lowest BCUT2D eigenvalue weighted by atomic mass is 10.1. The number of fused-ring (bicyclic) bond motifs is 1. The number of ether oxygens (including phenoxy) is 1. The standard InChI is InChI=1S/C24H21F2N3O4S/c1-3-13-4-6-14(7-5-13)32-11-15-8-9-17(33-15)23(31)29-19-18-12(2)10-16(21(25)26)28-24(18)34-20(19)22(27)30/h4-10,21H,3,11H2,1-2H3,(H2,27,30)(H,29,31). The third-order valence-electron chi connectivity index (χ3n) is 5.16. The molecule has 10 heteroatoms. The first-order valence-corrected chi connectivity index (χ1v) is 11.2. The van der Waals surface area contributed by atoms with E-state index in [4.69, 9.17) is 14.9 Å². The number of aryl methyl sites for hydroxylation is 2. The molecule has 34 heavy (non-hydrogen) atoms. The first kappa shape index (κ1) is 23.4. The van der Waals surface area contributed by atoms with E-state index in [1.54, 1.807) is 13.0 Å². The lowest BCUT2D eigenvalue weighted by Gasteiger charge is -2.07. The Morgan fingerprint density at radius 1 is 1.21 bits per heavy atom. The maximum Gasteiger partial charge on any atom is 0.291 e. The van der Waals surface area contributed by atoms with E-state index < -0.39 is 23.9 Å². The second kappa shape index (κ2) is 9.60. The van der Waals surface area contributed by atoms with Gasteiger partial charge in [-0.1, -0.05) is 19.1 Å². The van der Waals surface area contributed by atoms with Crippen LogP contribution < -0.4 is 15.8 Å². The summed E-state index contributed by atoms with van der Waals surface area (Å²) in [5, 5.41) is 3.01. The molecule has 176 valence electrons. The predicted molar refractivity (Wildman–Crippen MR) is 125 cm³/mol. The molecule has 4 aromatic rings. The zero-order chi connectivity index (χ0) is 24.4. The van der Waals surface area contributed by atoms with Crippen molar-refractivity contribution in [1.29, 1.82) is 0 Å². The Kier molecular flexibility index (Phi) is 6.60. The summed E-state index contributed by atoms with van der Waals surface area (Å²) in [5.41, 5.74) is 6.79. The number of alkyl halides is 2. The second-order valence-corrected chi connectivity index (χ2v) is 8.52. The predicted octanol–water partition coefficient (Wildman–Crippen LogP) is 5.63. The Morgan fingerprint density at radius 2 is 1.94 bits per heavy atom. The average molecular weight is 486 g/mol. The molecule has 0 fully saturated rings. The largest absolute Gasteiger partial charge is 0.486 e. The Morgan fingerprint density at radius 3 is 2.59 bits per heavy atom. The van der Waals surface area contributed by atoms with E-state index in [1.807, 2.05) is 24.3 Å². The number of nitrogens with two attached hydrogens (primary N) is 1. The monoisotopic (exact) mass is 485 g/mol. The number of hydrogen-bond donors (Lipinski definition) is 2. The van der Waals surface area contributed by atoms with Crippen LogP contribution in [0.2, 0.25) is 0 Å². The zero-order valence-electron chi connectivity index (χ0n) is 18.4. The highest BCUT2D eigenvalue weighted by Crippen LogP contribution is 2.38. The van der Waals surface area contributed by atoms with Gasteiger partial charge in [0.1, 0.15) is 33.5 Å². The summed E-state index contributed by atoms with van der Waals surface area (Å²) in [6.07, 6.45) is -1.84. The number of aromatic nitrogens is 1. The van der Waals surface area contributed by atoms with Crippen molar-refractivity contribution in [3.05, 3.63) is 75.7 Å². The van der Waals surface area contributed by atoms with Gasteiger partial charge in [0, 0.05) is 5.39 Å². The fraction of sp³-hybridized carbons (Fsp3) is 0.208. The number of carbonyl (C=O) groups excluding carboxylic acids is 2. The van der Waals surface area contributed by atoms with Crippen molar-refractivity contribution in [2.24, 2.45) is 5.73 Å². The number of thiophene rings is 1. The van der Waals surface area contributed by atoms with Crippen LogP contribution in [-0.4, -0.2) is 16.8 Å². The lowest BCUT2D eigenvalue weighted by molar-refractivity contribution is 0.0992. The van der Waals surface area contributed by atoms with E-state index in [0.29, 0.717) is 22.5 Å². The summed E-state index contributed by atoms with van der Waals surface area (Å²) in [7, 11) is 0. The van der Waals surface area contributed by atoms with Crippen molar-refractivity contribution in [3.63, 3.8) is 0 Å². The Bertz CT molecular complexity index is 1360. The molecule has 0 spiro atoms. The van der Waals surface area contributed by atoms with Gasteiger partial charge in [0.05, 0.1) is 5.69 Å². The molecule has 3 heterocycles. The van der Waals surface area contributed by atoms with Crippen LogP contribution in [0.5, 0.6) is 5.75 Å². The number of nitrogens with zero attached hydrogens (tertiary/aromatic N) is 1. The summed E-state index contributed by atoms with van der Waals surface area (Å²) in [5.74, 6) is -0.349. The van der Waals surface area contributed by atoms with Crippen LogP contribution in [0, 0.1) is 6.92 Å². The minimum absolute atomic E-state index is 0.00971. The molecule has 7 nitrogen and oxygen atoms in total. The number of pyridine rings is 1. The van der Waals surface area contributed by atoms with Gasteiger partial charge in [0.15, 0.2) is 5.76 Å². The van der Waals surface area contributed by atoms with Crippen LogP contribution in [0.25, 0.3) is 10.2 Å². The number of furan rings is 1. The third kappa shape index (κ3) is 4.76. The number of carbonyl (C=O) groups is 2. The molecular formula is C24H21F2N3O4S. The molecule has 3 aromatic heterocycles. The number of rotatable bonds is 8. The van der Waals surface area contributed by atoms with Crippen LogP contribution in [0.1, 0.15) is 56.2 Å². The normalized spacial score (nSPS) is 11.2. The summed E-state index contributed by atoms with van der Waals surface area (Å²) >= 11 is 0.844. The average Bonchev–Trinajstić information content (AvgIpc) is 3.43. The number of hydrogen-bond acceptors (Lipinski definition) is 6. The van der Waals surface area contributed by atoms with E-state index in [2.05, 4.69) is 17.2 Å². The SMILES string of the molecule is CCc1ccc(OCc2ccc(C(=O)Nc3c(C(N)=O)sc4nc(C(F)F)cc(C)c34)o2)cc1. The van der Waals surface area contributed by atoms with Crippen LogP contribution in [-0.2, 0) is 13.0 Å². The van der Waals surface area contributed by atoms with E-state index in [1.165, 1.54) is 17.7 Å². The third-order valence-corrected chi connectivity index (χ3v) is 6.26. The lowest BCUT2D eigenvalue weighted by Crippen LogP contribution is -2.16. The Hall–Kier alpha value is -3.79. The molecule has 0 saturated heterocycles. The van der Waals surface area contributed by atoms with Crippen molar-refractivity contribution < 1.29 is 27.5 Å². The molecular weight excluding hydrogens is 464 g/mol. The highest BCUT2D eigenvalue weighted by Gasteiger charge is 2.24. The van der Waals surface area contributed by atoms with Gasteiger partial charge in [0.2, 0.25) is 0 Å². The molecule has 3 N–H and O–H groups in total. The van der Waals surface area contributed by atoms with Crippen LogP contribution in [0.15, 0.2) is 46.9 Å². The summed E-state index contributed by atoms with van der Waals surface area (Å²) < 4.78 is 37.6. The second-order valence-electron chi connectivity index (χ2n) is 7.52. The maximum atomic E-state index is 13.1. The number of benzene rings is 1. The molecule has 0 saturated carbocycles. The van der Waals surface area contributed by atoms with Gasteiger partial charge in [-0.2, -0.15) is 0 Å². The van der Waals surface area contributed by atoms with Gasteiger partial charge in [-0.15, -0.1) is 11.3 Å². The summed E-state index contributed by atoms with van der Waals surface area (Å²) in [6.45, 7) is 3.78. The van der Waals surface area contributed by atoms with Crippen molar-refractivity contribution in [1.82, 2.24) is 4.98 Å². The summed E-state index contributed by atoms with van der Waals surface area (Å²) in [4.78, 5) is 28.9. The van der Waals surface area contributed by atoms with E-state index in [-0.39, 0.29) is 27.8 Å². The smallest absolute Gasteiger partial charge is 0.291 e. The molecule has 4 rings (SSSR count). The summed E-state index contributed by atoms with van der Waals surface area (Å²) in [6, 6.07) is 12.0. The highest BCUT2D eigenvalue weighted by atomic mass is 32.1. The Balaban J connectivity index is 1.54. The molecule has 0 aliphatic carbocycles. The van der Waals surface area contributed by atoms with Gasteiger partial charge in [-0.25, -0.2) is 13.8 Å². The van der Waals surface area contributed by atoms with E-state index >= 15 is 0 Å². The van der Waals surface area contributed by atoms with Crippen molar-refractivity contribution >= 4 is 39.1 Å². The van der Waals surface area contributed by atoms with Crippen LogP contribution in [0.4, 0.5) is 14.5 Å². The topological polar surface area (TPSA) is 107 Å². The fourth-order valence-corrected chi connectivity index (χ4v) is 4.51. The van der Waals surface area contributed by atoms with Gasteiger partial charge in [-0.05, 0) is 54.8 Å². The van der Waals surface area contributed by atoms with Crippen LogP contribution >= 0.6 is 11.3 Å². The molecule has 0 unspecified atom stereocenters. The van der Waals surface area contributed by atoms with E-state index in [9.17, 15) is 18.4 Å². The van der Waals surface area contributed by atoms with Crippen molar-refractivity contribution in [3.8, 4) is 5.75 Å². The molecule has 0 aliphatic rings. The molecule has 0 bridgehead atoms. The first-order chi connectivity index (χ1) is 16.3. The minimum Gasteiger partial charge on any atom is -0.486 e. The van der Waals surface area contributed by atoms with E-state index in [0.717, 1.165) is 17.8 Å². The van der Waals surface area contributed by atoms with Gasteiger partial charge in [0.25, 0.3) is 18.2 Å². The number of anilines is 1. The quantitative estimate of drug-likeness (QED) is 0.336. The fourth-order valence-electron chi connectivity index (χ4n) is 3.44. The number of halogens is 2. The zero-order valence-corrected chi connectivity index (χ0v) is 19.2. The van der Waals surface area contributed by atoms with Crippen molar-refractivity contribution in [2.75, 3.05) is 5.32 Å².